The van der Waals surface area contributed by atoms with Crippen LogP contribution in [0.15, 0.2) is 24.3 Å². The number of rotatable bonds is 3. The maximum absolute atomic E-state index is 12.1. The van der Waals surface area contributed by atoms with E-state index in [1.165, 1.54) is 0 Å². The average molecular weight is 337 g/mol. The summed E-state index contributed by atoms with van der Waals surface area (Å²) in [7, 11) is 0. The first-order valence-corrected chi connectivity index (χ1v) is 7.84. The lowest BCUT2D eigenvalue weighted by molar-refractivity contribution is 0.0969. The van der Waals surface area contributed by atoms with Crippen molar-refractivity contribution in [3.63, 3.8) is 0 Å². The van der Waals surface area contributed by atoms with Crippen LogP contribution in [0.1, 0.15) is 16.8 Å². The second kappa shape index (κ2) is 8.08. The number of carbonyl (C=O) groups is 1. The van der Waals surface area contributed by atoms with Gasteiger partial charge >= 0.3 is 0 Å². The molecule has 116 valence electrons. The molecule has 0 aromatic heterocycles. The van der Waals surface area contributed by atoms with Crippen LogP contribution in [-0.2, 0) is 0 Å². The fraction of sp³-hybridized carbons (Fsp3) is 0.400. The highest BCUT2D eigenvalue weighted by atomic mass is 35.5. The van der Waals surface area contributed by atoms with Crippen LogP contribution >= 0.6 is 23.8 Å². The molecule has 0 aliphatic carbocycles. The highest BCUT2D eigenvalue weighted by Gasteiger charge is 2.20. The third-order valence-corrected chi connectivity index (χ3v) is 4.14. The fourth-order valence-corrected chi connectivity index (χ4v) is 2.63. The van der Waals surface area contributed by atoms with Gasteiger partial charge in [0.2, 0.25) is 0 Å². The molecule has 1 saturated heterocycles. The Morgan fingerprint density at radius 3 is 2.50 bits per heavy atom. The van der Waals surface area contributed by atoms with Gasteiger partial charge in [-0.25, -0.2) is 0 Å². The van der Waals surface area contributed by atoms with Gasteiger partial charge in [-0.05, 0) is 36.5 Å². The monoisotopic (exact) mass is 336 g/mol. The van der Waals surface area contributed by atoms with Crippen LogP contribution in [0.2, 0.25) is 5.02 Å². The van der Waals surface area contributed by atoms with E-state index in [4.69, 9.17) is 29.1 Å². The topological polar surface area (TPSA) is 59.4 Å². The van der Waals surface area contributed by atoms with Gasteiger partial charge < -0.3 is 4.90 Å². The van der Waals surface area contributed by atoms with E-state index in [1.54, 1.807) is 24.3 Å². The Hall–Kier alpha value is -1.68. The van der Waals surface area contributed by atoms with Crippen molar-refractivity contribution in [1.82, 2.24) is 15.1 Å². The van der Waals surface area contributed by atoms with E-state index in [9.17, 15) is 4.79 Å². The molecule has 0 unspecified atom stereocenters. The first-order valence-electron chi connectivity index (χ1n) is 7.05. The molecule has 5 nitrogen and oxygen atoms in total. The first kappa shape index (κ1) is 16.7. The van der Waals surface area contributed by atoms with Gasteiger partial charge in [-0.3, -0.25) is 15.0 Å². The van der Waals surface area contributed by atoms with Crippen LogP contribution in [0, 0.1) is 11.3 Å². The molecular weight excluding hydrogens is 320 g/mol. The third-order valence-electron chi connectivity index (χ3n) is 3.53. The Kier molecular flexibility index (Phi) is 6.13. The fourth-order valence-electron chi connectivity index (χ4n) is 2.23. The zero-order chi connectivity index (χ0) is 15.9. The van der Waals surface area contributed by atoms with Crippen molar-refractivity contribution in [3.8, 4) is 6.07 Å². The van der Waals surface area contributed by atoms with Gasteiger partial charge in [0.05, 0.1) is 6.07 Å². The number of hydrogen-bond donors (Lipinski definition) is 1. The Bertz CT molecular complexity index is 576. The molecule has 1 aromatic rings. The summed E-state index contributed by atoms with van der Waals surface area (Å²) < 4.78 is 0. The summed E-state index contributed by atoms with van der Waals surface area (Å²) in [6.07, 6.45) is 0.539. The molecule has 0 spiro atoms. The van der Waals surface area contributed by atoms with Crippen molar-refractivity contribution in [2.24, 2.45) is 0 Å². The smallest absolute Gasteiger partial charge is 0.257 e. The summed E-state index contributed by atoms with van der Waals surface area (Å²) in [5.41, 5.74) is 0.527. The second-order valence-corrected chi connectivity index (χ2v) is 5.83. The Morgan fingerprint density at radius 2 is 1.91 bits per heavy atom. The molecule has 7 heteroatoms. The molecule has 0 bridgehead atoms. The number of halogens is 1. The van der Waals surface area contributed by atoms with E-state index in [0.717, 1.165) is 32.7 Å². The van der Waals surface area contributed by atoms with Crippen molar-refractivity contribution < 1.29 is 4.79 Å². The van der Waals surface area contributed by atoms with Crippen LogP contribution < -0.4 is 5.32 Å². The van der Waals surface area contributed by atoms with Crippen LogP contribution in [0.4, 0.5) is 0 Å². The molecule has 22 heavy (non-hydrogen) atoms. The van der Waals surface area contributed by atoms with Crippen molar-refractivity contribution in [2.45, 2.75) is 6.42 Å². The number of hydrogen-bond acceptors (Lipinski definition) is 4. The predicted octanol–water partition coefficient (Wildman–Crippen LogP) is 1.89. The predicted molar refractivity (Wildman–Crippen MR) is 89.8 cm³/mol. The average Bonchev–Trinajstić information content (AvgIpc) is 2.54. The third kappa shape index (κ3) is 4.67. The lowest BCUT2D eigenvalue weighted by atomic mass is 10.2. The van der Waals surface area contributed by atoms with Crippen LogP contribution in [0.5, 0.6) is 0 Å². The summed E-state index contributed by atoms with van der Waals surface area (Å²) in [4.78, 5) is 16.3. The number of thiocarbonyl (C=S) groups is 1. The summed E-state index contributed by atoms with van der Waals surface area (Å²) in [6.45, 7) is 3.99. The van der Waals surface area contributed by atoms with Gasteiger partial charge in [-0.15, -0.1) is 0 Å². The molecule has 1 N–H and O–H groups in total. The van der Waals surface area contributed by atoms with Crippen LogP contribution in [0.3, 0.4) is 0 Å². The number of nitriles is 1. The van der Waals surface area contributed by atoms with Crippen molar-refractivity contribution in [2.75, 3.05) is 32.7 Å². The largest absolute Gasteiger partial charge is 0.346 e. The number of piperazine rings is 1. The molecule has 0 atom stereocenters. The molecule has 1 fully saturated rings. The summed E-state index contributed by atoms with van der Waals surface area (Å²) >= 11 is 11.1. The highest BCUT2D eigenvalue weighted by molar-refractivity contribution is 7.80. The van der Waals surface area contributed by atoms with Gasteiger partial charge in [-0.2, -0.15) is 5.26 Å². The highest BCUT2D eigenvalue weighted by Crippen LogP contribution is 2.10. The number of amides is 1. The lowest BCUT2D eigenvalue weighted by Crippen LogP contribution is -2.52. The molecule has 1 aliphatic heterocycles. The van der Waals surface area contributed by atoms with Gasteiger partial charge in [0.15, 0.2) is 5.11 Å². The van der Waals surface area contributed by atoms with Crippen molar-refractivity contribution >= 4 is 34.8 Å². The van der Waals surface area contributed by atoms with E-state index in [2.05, 4.69) is 16.3 Å². The minimum atomic E-state index is -0.228. The lowest BCUT2D eigenvalue weighted by Gasteiger charge is -2.35. The van der Waals surface area contributed by atoms with Crippen LogP contribution in [-0.4, -0.2) is 53.5 Å². The summed E-state index contributed by atoms with van der Waals surface area (Å²) in [6, 6.07) is 8.83. The molecule has 1 amide bonds. The van der Waals surface area contributed by atoms with E-state index in [-0.39, 0.29) is 5.91 Å². The zero-order valence-electron chi connectivity index (χ0n) is 12.1. The molecule has 2 rings (SSSR count). The minimum absolute atomic E-state index is 0.228. The molecule has 1 aliphatic rings. The van der Waals surface area contributed by atoms with Gasteiger partial charge in [-0.1, -0.05) is 11.6 Å². The van der Waals surface area contributed by atoms with Gasteiger partial charge in [0.1, 0.15) is 0 Å². The molecular formula is C15H17ClN4OS. The standard InChI is InChI=1S/C15H17ClN4OS/c16-13-4-2-12(3-5-13)14(21)18-15(22)20-10-8-19(9-11-20)7-1-6-17/h2-5H,1,7-11H2,(H,18,21,22). The normalized spacial score (nSPS) is 15.2. The second-order valence-electron chi connectivity index (χ2n) is 5.00. The first-order chi connectivity index (χ1) is 10.6. The number of nitrogens with one attached hydrogen (secondary N) is 1. The summed E-state index contributed by atoms with van der Waals surface area (Å²) in [5.74, 6) is -0.228. The van der Waals surface area contributed by atoms with E-state index in [0.29, 0.717) is 22.1 Å². The SMILES string of the molecule is N#CCCN1CCN(C(=S)NC(=O)c2ccc(Cl)cc2)CC1. The van der Waals surface area contributed by atoms with E-state index >= 15 is 0 Å². The van der Waals surface area contributed by atoms with E-state index < -0.39 is 0 Å². The van der Waals surface area contributed by atoms with Gasteiger partial charge in [0.25, 0.3) is 5.91 Å². The van der Waals surface area contributed by atoms with Crippen molar-refractivity contribution in [3.05, 3.63) is 34.9 Å². The number of benzene rings is 1. The Balaban J connectivity index is 1.82. The minimum Gasteiger partial charge on any atom is -0.346 e. The molecule has 0 radical (unpaired) electrons. The number of carbonyl (C=O) groups excluding carboxylic acids is 1. The Labute approximate surface area is 140 Å². The maximum Gasteiger partial charge on any atom is 0.257 e. The van der Waals surface area contributed by atoms with Gasteiger partial charge in [0, 0.05) is 49.7 Å². The van der Waals surface area contributed by atoms with E-state index in [1.807, 2.05) is 4.90 Å². The molecule has 1 aromatic carbocycles. The number of nitrogens with zero attached hydrogens (tertiary/aromatic N) is 3. The van der Waals surface area contributed by atoms with Crippen LogP contribution in [0.25, 0.3) is 0 Å². The molecule has 1 heterocycles. The molecule has 0 saturated carbocycles. The Morgan fingerprint density at radius 1 is 1.27 bits per heavy atom. The summed E-state index contributed by atoms with van der Waals surface area (Å²) in [5, 5.41) is 12.4. The quantitative estimate of drug-likeness (QED) is 0.854. The maximum atomic E-state index is 12.1. The van der Waals surface area contributed by atoms with Crippen molar-refractivity contribution in [1.29, 1.82) is 5.26 Å². The zero-order valence-corrected chi connectivity index (χ0v) is 13.7.